The van der Waals surface area contributed by atoms with Gasteiger partial charge in [0.2, 0.25) is 5.91 Å². The zero-order valence-corrected chi connectivity index (χ0v) is 17.6. The van der Waals surface area contributed by atoms with Crippen molar-refractivity contribution in [3.8, 4) is 5.75 Å². The van der Waals surface area contributed by atoms with E-state index in [1.807, 2.05) is 30.1 Å². The van der Waals surface area contributed by atoms with Gasteiger partial charge in [-0.2, -0.15) is 0 Å². The summed E-state index contributed by atoms with van der Waals surface area (Å²) >= 11 is 0. The highest BCUT2D eigenvalue weighted by Gasteiger charge is 2.32. The van der Waals surface area contributed by atoms with Crippen LogP contribution in [0.25, 0.3) is 0 Å². The lowest BCUT2D eigenvalue weighted by Gasteiger charge is -2.40. The molecule has 0 bridgehead atoms. The topological polar surface area (TPSA) is 32.8 Å². The Morgan fingerprint density at radius 1 is 1.14 bits per heavy atom. The van der Waals surface area contributed by atoms with Crippen LogP contribution in [0, 0.1) is 0 Å². The molecule has 1 saturated heterocycles. The van der Waals surface area contributed by atoms with E-state index < -0.39 is 0 Å². The standard InChI is InChI=1S/C25H32N2O2/c1-26(25(28)13-12-19-7-5-11-24(15-19)29-2)22-10-6-14-27(18-22)23-16-20-8-3-4-9-21(20)17-23/h3-5,7-9,11,15,22-23H,6,10,12-14,16-18H2,1-2H3/t22-/m0/s1. The van der Waals surface area contributed by atoms with Crippen LogP contribution in [0.15, 0.2) is 48.5 Å². The van der Waals surface area contributed by atoms with E-state index >= 15 is 0 Å². The number of hydrogen-bond donors (Lipinski definition) is 0. The molecule has 1 amide bonds. The van der Waals surface area contributed by atoms with Gasteiger partial charge in [0.15, 0.2) is 0 Å². The van der Waals surface area contributed by atoms with Crippen LogP contribution in [0.5, 0.6) is 5.75 Å². The smallest absolute Gasteiger partial charge is 0.222 e. The fraction of sp³-hybridized carbons (Fsp3) is 0.480. The molecule has 0 saturated carbocycles. The van der Waals surface area contributed by atoms with Crippen molar-refractivity contribution in [1.82, 2.24) is 9.80 Å². The second-order valence-electron chi connectivity index (χ2n) is 8.48. The number of carbonyl (C=O) groups is 1. The molecule has 1 aliphatic carbocycles. The van der Waals surface area contributed by atoms with Gasteiger partial charge in [-0.1, -0.05) is 36.4 Å². The molecule has 2 aromatic carbocycles. The van der Waals surface area contributed by atoms with E-state index in [2.05, 4.69) is 35.2 Å². The third-order valence-corrected chi connectivity index (χ3v) is 6.68. The van der Waals surface area contributed by atoms with Crippen molar-refractivity contribution in [2.75, 3.05) is 27.2 Å². The van der Waals surface area contributed by atoms with Crippen LogP contribution < -0.4 is 4.74 Å². The van der Waals surface area contributed by atoms with Crippen LogP contribution in [0.2, 0.25) is 0 Å². The number of rotatable bonds is 6. The number of ether oxygens (including phenoxy) is 1. The molecule has 4 heteroatoms. The molecule has 1 atom stereocenters. The second kappa shape index (κ2) is 9.00. The summed E-state index contributed by atoms with van der Waals surface area (Å²) in [5.41, 5.74) is 4.16. The summed E-state index contributed by atoms with van der Waals surface area (Å²) in [5, 5.41) is 0. The maximum absolute atomic E-state index is 12.9. The molecule has 29 heavy (non-hydrogen) atoms. The van der Waals surface area contributed by atoms with E-state index in [-0.39, 0.29) is 5.91 Å². The van der Waals surface area contributed by atoms with E-state index in [0.29, 0.717) is 18.5 Å². The van der Waals surface area contributed by atoms with Crippen LogP contribution in [0.3, 0.4) is 0 Å². The average Bonchev–Trinajstić information content (AvgIpc) is 3.21. The van der Waals surface area contributed by atoms with Crippen LogP contribution >= 0.6 is 0 Å². The second-order valence-corrected chi connectivity index (χ2v) is 8.48. The van der Waals surface area contributed by atoms with Gasteiger partial charge in [-0.3, -0.25) is 9.69 Å². The van der Waals surface area contributed by atoms with Crippen LogP contribution in [0.4, 0.5) is 0 Å². The quantitative estimate of drug-likeness (QED) is 0.751. The Labute approximate surface area is 174 Å². The zero-order chi connectivity index (χ0) is 20.2. The van der Waals surface area contributed by atoms with Crippen molar-refractivity contribution in [3.63, 3.8) is 0 Å². The summed E-state index contributed by atoms with van der Waals surface area (Å²) in [6.07, 6.45) is 5.89. The normalized spacial score (nSPS) is 19.7. The molecule has 4 rings (SSSR count). The lowest BCUT2D eigenvalue weighted by atomic mass is 10.0. The largest absolute Gasteiger partial charge is 0.497 e. The van der Waals surface area contributed by atoms with Gasteiger partial charge in [0.05, 0.1) is 7.11 Å². The molecule has 154 valence electrons. The molecule has 0 spiro atoms. The van der Waals surface area contributed by atoms with Crippen molar-refractivity contribution in [2.24, 2.45) is 0 Å². The highest BCUT2D eigenvalue weighted by molar-refractivity contribution is 5.76. The van der Waals surface area contributed by atoms with Gasteiger partial charge in [0.25, 0.3) is 0 Å². The number of hydrogen-bond acceptors (Lipinski definition) is 3. The maximum Gasteiger partial charge on any atom is 0.222 e. The minimum Gasteiger partial charge on any atom is -0.497 e. The first-order valence-corrected chi connectivity index (χ1v) is 10.8. The molecule has 4 nitrogen and oxygen atoms in total. The third-order valence-electron chi connectivity index (χ3n) is 6.68. The maximum atomic E-state index is 12.9. The lowest BCUT2D eigenvalue weighted by Crippen LogP contribution is -2.51. The van der Waals surface area contributed by atoms with Gasteiger partial charge in [0.1, 0.15) is 5.75 Å². The number of fused-ring (bicyclic) bond motifs is 1. The number of likely N-dealkylation sites (N-methyl/N-ethyl adjacent to an activating group) is 1. The zero-order valence-electron chi connectivity index (χ0n) is 17.6. The van der Waals surface area contributed by atoms with Crippen molar-refractivity contribution < 1.29 is 9.53 Å². The Morgan fingerprint density at radius 3 is 2.62 bits per heavy atom. The summed E-state index contributed by atoms with van der Waals surface area (Å²) in [6.45, 7) is 2.15. The molecule has 2 aromatic rings. The number of amides is 1. The minimum atomic E-state index is 0.245. The predicted octanol–water partition coefficient (Wildman–Crippen LogP) is 3.72. The number of benzene rings is 2. The average molecular weight is 393 g/mol. The minimum absolute atomic E-state index is 0.245. The molecule has 0 radical (unpaired) electrons. The molecular weight excluding hydrogens is 360 g/mol. The van der Waals surface area contributed by atoms with Gasteiger partial charge in [-0.05, 0) is 67.5 Å². The van der Waals surface area contributed by atoms with Gasteiger partial charge in [-0.15, -0.1) is 0 Å². The lowest BCUT2D eigenvalue weighted by molar-refractivity contribution is -0.133. The van der Waals surface area contributed by atoms with E-state index in [9.17, 15) is 4.79 Å². The molecule has 0 unspecified atom stereocenters. The molecule has 1 fully saturated rings. The Bertz CT molecular complexity index is 825. The van der Waals surface area contributed by atoms with Crippen LogP contribution in [-0.2, 0) is 24.1 Å². The summed E-state index contributed by atoms with van der Waals surface area (Å²) < 4.78 is 5.29. The van der Waals surface area contributed by atoms with Crippen LogP contribution in [-0.4, -0.2) is 55.0 Å². The Hall–Kier alpha value is -2.33. The first-order chi connectivity index (χ1) is 14.1. The summed E-state index contributed by atoms with van der Waals surface area (Å²) in [5.74, 6) is 1.10. The van der Waals surface area contributed by atoms with E-state index in [4.69, 9.17) is 4.74 Å². The van der Waals surface area contributed by atoms with Crippen molar-refractivity contribution in [1.29, 1.82) is 0 Å². The summed E-state index contributed by atoms with van der Waals surface area (Å²) in [7, 11) is 3.67. The number of piperidine rings is 1. The van der Waals surface area contributed by atoms with E-state index in [1.165, 1.54) is 17.5 Å². The molecule has 1 aliphatic heterocycles. The van der Waals surface area contributed by atoms with Crippen molar-refractivity contribution >= 4 is 5.91 Å². The van der Waals surface area contributed by atoms with Gasteiger partial charge in [-0.25, -0.2) is 0 Å². The van der Waals surface area contributed by atoms with Gasteiger partial charge in [0, 0.05) is 32.1 Å². The highest BCUT2D eigenvalue weighted by Crippen LogP contribution is 2.28. The van der Waals surface area contributed by atoms with Gasteiger partial charge >= 0.3 is 0 Å². The number of likely N-dealkylation sites (tertiary alicyclic amines) is 1. The summed E-state index contributed by atoms with van der Waals surface area (Å²) in [4.78, 5) is 17.5. The van der Waals surface area contributed by atoms with Crippen LogP contribution in [0.1, 0.15) is 36.0 Å². The first-order valence-electron chi connectivity index (χ1n) is 10.8. The van der Waals surface area contributed by atoms with Crippen molar-refractivity contribution in [3.05, 3.63) is 65.2 Å². The highest BCUT2D eigenvalue weighted by atomic mass is 16.5. The molecule has 1 heterocycles. The molecule has 0 aromatic heterocycles. The number of aryl methyl sites for hydroxylation is 1. The summed E-state index contributed by atoms with van der Waals surface area (Å²) in [6, 6.07) is 17.8. The Kier molecular flexibility index (Phi) is 6.19. The Balaban J connectivity index is 1.31. The fourth-order valence-electron chi connectivity index (χ4n) is 4.88. The molecule has 0 N–H and O–H groups in total. The molecular formula is C25H32N2O2. The number of nitrogens with zero attached hydrogens (tertiary/aromatic N) is 2. The number of methoxy groups -OCH3 is 1. The van der Waals surface area contributed by atoms with E-state index in [0.717, 1.165) is 50.1 Å². The first kappa shape index (κ1) is 20.0. The SMILES string of the molecule is COc1cccc(CCC(=O)N(C)[C@H]2CCCN(C3Cc4ccccc4C3)C2)c1. The third kappa shape index (κ3) is 4.64. The molecule has 2 aliphatic rings. The van der Waals surface area contributed by atoms with Crippen molar-refractivity contribution in [2.45, 2.75) is 50.6 Å². The fourth-order valence-corrected chi connectivity index (χ4v) is 4.88. The monoisotopic (exact) mass is 392 g/mol. The Morgan fingerprint density at radius 2 is 1.90 bits per heavy atom. The van der Waals surface area contributed by atoms with E-state index in [1.54, 1.807) is 7.11 Å². The van der Waals surface area contributed by atoms with Gasteiger partial charge < -0.3 is 9.64 Å². The number of carbonyl (C=O) groups excluding carboxylic acids is 1. The predicted molar refractivity (Wildman–Crippen MR) is 116 cm³/mol.